The van der Waals surface area contributed by atoms with Crippen molar-refractivity contribution >= 4 is 39.0 Å². The molecule has 1 atom stereocenters. The minimum Gasteiger partial charge on any atom is -0.377 e. The van der Waals surface area contributed by atoms with Crippen LogP contribution in [0.5, 0.6) is 0 Å². The van der Waals surface area contributed by atoms with Crippen LogP contribution in [-0.4, -0.2) is 54.3 Å². The third-order valence-corrected chi connectivity index (χ3v) is 7.36. The highest BCUT2D eigenvalue weighted by atomic mass is 32.1. The van der Waals surface area contributed by atoms with E-state index in [9.17, 15) is 4.79 Å². The lowest BCUT2D eigenvalue weighted by atomic mass is 9.94. The average molecular weight is 468 g/mol. The highest BCUT2D eigenvalue weighted by Gasteiger charge is 2.35. The maximum atomic E-state index is 12.6. The van der Waals surface area contributed by atoms with Crippen molar-refractivity contribution in [2.45, 2.75) is 38.3 Å². The van der Waals surface area contributed by atoms with Gasteiger partial charge >= 0.3 is 0 Å². The molecule has 2 aliphatic heterocycles. The first kappa shape index (κ1) is 21.9. The number of rotatable bonds is 6. The number of aromatic amines is 1. The molecule has 8 nitrogen and oxygen atoms in total. The van der Waals surface area contributed by atoms with Crippen molar-refractivity contribution in [1.82, 2.24) is 20.8 Å². The number of benzene rings is 1. The lowest BCUT2D eigenvalue weighted by Gasteiger charge is -2.35. The third-order valence-electron chi connectivity index (χ3n) is 6.22. The summed E-state index contributed by atoms with van der Waals surface area (Å²) < 4.78 is 5.85. The van der Waals surface area contributed by atoms with Crippen molar-refractivity contribution < 1.29 is 14.4 Å². The van der Waals surface area contributed by atoms with Gasteiger partial charge in [0, 0.05) is 41.2 Å². The molecule has 0 aliphatic carbocycles. The largest absolute Gasteiger partial charge is 0.377 e. The van der Waals surface area contributed by atoms with Crippen LogP contribution in [0.4, 0.5) is 5.13 Å². The number of hydroxylamine groups is 1. The molecule has 0 unspecified atom stereocenters. The van der Waals surface area contributed by atoms with Gasteiger partial charge in [-0.25, -0.2) is 4.98 Å². The summed E-state index contributed by atoms with van der Waals surface area (Å²) in [5.74, 6) is -0.0242. The molecule has 0 saturated carbocycles. The summed E-state index contributed by atoms with van der Waals surface area (Å²) in [7, 11) is 1.57. The Labute approximate surface area is 196 Å². The van der Waals surface area contributed by atoms with E-state index >= 15 is 0 Å². The molecule has 5 rings (SSSR count). The van der Waals surface area contributed by atoms with E-state index in [1.807, 2.05) is 19.9 Å². The Kier molecular flexibility index (Phi) is 5.64. The first-order valence-corrected chi connectivity index (χ1v) is 11.9. The number of carbonyl (C=O) groups excluding carboxylic acids is 1. The molecule has 1 amide bonds. The van der Waals surface area contributed by atoms with Crippen LogP contribution >= 0.6 is 11.3 Å². The van der Waals surface area contributed by atoms with Gasteiger partial charge in [0.2, 0.25) is 0 Å². The SMILES string of the molecule is C=C(NOC)c1ccc2[nH]cc(C[C@H]3COCCN3c3nc4c(s3)C(=O)NC(C)(C)C4)c2c1. The zero-order chi connectivity index (χ0) is 23.2. The zero-order valence-electron chi connectivity index (χ0n) is 19.2. The van der Waals surface area contributed by atoms with Gasteiger partial charge in [-0.1, -0.05) is 24.0 Å². The number of nitrogens with one attached hydrogen (secondary N) is 3. The summed E-state index contributed by atoms with van der Waals surface area (Å²) in [6.45, 7) is 10.1. The Balaban J connectivity index is 1.43. The second-order valence-corrected chi connectivity index (χ2v) is 10.2. The van der Waals surface area contributed by atoms with E-state index < -0.39 is 0 Å². The number of ether oxygens (including phenoxy) is 1. The molecule has 3 N–H and O–H groups in total. The summed E-state index contributed by atoms with van der Waals surface area (Å²) >= 11 is 1.49. The van der Waals surface area contributed by atoms with Gasteiger partial charge in [-0.15, -0.1) is 0 Å². The minimum atomic E-state index is -0.275. The van der Waals surface area contributed by atoms with Crippen molar-refractivity contribution in [3.05, 3.63) is 52.7 Å². The molecule has 9 heteroatoms. The van der Waals surface area contributed by atoms with Crippen LogP contribution in [0.1, 0.15) is 40.3 Å². The standard InChI is InChI=1S/C24H29N5O3S/c1-14(28-31-4)15-5-6-19-18(10-15)16(12-25-19)9-17-13-32-8-7-29(17)23-26-20-11-24(2,3)27-22(30)21(20)33-23/h5-6,10,12,17,25,28H,1,7-9,11,13H2,2-4H3,(H,27,30)/t17-/m0/s1. The molecule has 2 aliphatic rings. The van der Waals surface area contributed by atoms with Crippen LogP contribution in [0, 0.1) is 0 Å². The smallest absolute Gasteiger partial charge is 0.263 e. The van der Waals surface area contributed by atoms with Crippen LogP contribution in [0.3, 0.4) is 0 Å². The number of hydrogen-bond acceptors (Lipinski definition) is 7. The molecule has 0 radical (unpaired) electrons. The Hall–Kier alpha value is -2.88. The van der Waals surface area contributed by atoms with E-state index in [1.165, 1.54) is 16.9 Å². The fourth-order valence-corrected chi connectivity index (χ4v) is 5.71. The maximum absolute atomic E-state index is 12.6. The van der Waals surface area contributed by atoms with Crippen molar-refractivity contribution in [1.29, 1.82) is 0 Å². The van der Waals surface area contributed by atoms with Gasteiger partial charge in [0.1, 0.15) is 4.88 Å². The van der Waals surface area contributed by atoms with Gasteiger partial charge in [0.25, 0.3) is 5.91 Å². The van der Waals surface area contributed by atoms with Gasteiger partial charge in [0.05, 0.1) is 37.8 Å². The first-order valence-electron chi connectivity index (χ1n) is 11.1. The van der Waals surface area contributed by atoms with E-state index in [2.05, 4.69) is 45.6 Å². The monoisotopic (exact) mass is 467 g/mol. The number of anilines is 1. The molecule has 1 aromatic carbocycles. The van der Waals surface area contributed by atoms with E-state index in [0.717, 1.165) is 51.6 Å². The summed E-state index contributed by atoms with van der Waals surface area (Å²) in [6, 6.07) is 6.32. The number of morpholine rings is 1. The summed E-state index contributed by atoms with van der Waals surface area (Å²) in [5.41, 5.74) is 7.40. The number of hydrogen-bond donors (Lipinski definition) is 3. The van der Waals surface area contributed by atoms with Crippen LogP contribution in [0.15, 0.2) is 31.0 Å². The molecule has 174 valence electrons. The number of fused-ring (bicyclic) bond motifs is 2. The summed E-state index contributed by atoms with van der Waals surface area (Å²) in [4.78, 5) is 28.9. The fourth-order valence-electron chi connectivity index (χ4n) is 4.63. The molecule has 0 spiro atoms. The predicted octanol–water partition coefficient (Wildman–Crippen LogP) is 3.26. The normalized spacial score (nSPS) is 19.9. The lowest BCUT2D eigenvalue weighted by Crippen LogP contribution is -2.48. The molecule has 4 heterocycles. The van der Waals surface area contributed by atoms with Crippen LogP contribution < -0.4 is 15.7 Å². The topological polar surface area (TPSA) is 91.5 Å². The van der Waals surface area contributed by atoms with Crippen LogP contribution in [0.2, 0.25) is 0 Å². The van der Waals surface area contributed by atoms with E-state index in [1.54, 1.807) is 7.11 Å². The zero-order valence-corrected chi connectivity index (χ0v) is 20.0. The molecular weight excluding hydrogens is 438 g/mol. The highest BCUT2D eigenvalue weighted by Crippen LogP contribution is 2.34. The molecular formula is C24H29N5O3S. The first-order chi connectivity index (χ1) is 15.8. The molecule has 3 aromatic rings. The van der Waals surface area contributed by atoms with Gasteiger partial charge in [-0.2, -0.15) is 0 Å². The van der Waals surface area contributed by atoms with Crippen molar-refractivity contribution in [2.24, 2.45) is 0 Å². The molecule has 1 saturated heterocycles. The van der Waals surface area contributed by atoms with Crippen molar-refractivity contribution in [3.63, 3.8) is 0 Å². The van der Waals surface area contributed by atoms with Crippen molar-refractivity contribution in [3.8, 4) is 0 Å². The van der Waals surface area contributed by atoms with Gasteiger partial charge < -0.3 is 19.9 Å². The Bertz CT molecular complexity index is 1210. The molecule has 2 aromatic heterocycles. The second-order valence-electron chi connectivity index (χ2n) is 9.27. The predicted molar refractivity (Wildman–Crippen MR) is 130 cm³/mol. The second kappa shape index (κ2) is 8.48. The quantitative estimate of drug-likeness (QED) is 0.482. The van der Waals surface area contributed by atoms with Gasteiger partial charge in [0.15, 0.2) is 5.13 Å². The average Bonchev–Trinajstić information content (AvgIpc) is 3.37. The Morgan fingerprint density at radius 2 is 2.30 bits per heavy atom. The Morgan fingerprint density at radius 1 is 1.45 bits per heavy atom. The van der Waals surface area contributed by atoms with Gasteiger partial charge in [-0.05, 0) is 38.0 Å². The number of carbonyl (C=O) groups is 1. The summed E-state index contributed by atoms with van der Waals surface area (Å²) in [6.07, 6.45) is 3.61. The minimum absolute atomic E-state index is 0.0242. The number of H-pyrrole nitrogens is 1. The number of thiazole rings is 1. The molecule has 0 bridgehead atoms. The maximum Gasteiger partial charge on any atom is 0.263 e. The fraction of sp³-hybridized carbons (Fsp3) is 0.417. The summed E-state index contributed by atoms with van der Waals surface area (Å²) in [5, 5.41) is 5.13. The Morgan fingerprint density at radius 3 is 3.12 bits per heavy atom. The third kappa shape index (κ3) is 4.23. The van der Waals surface area contributed by atoms with E-state index in [4.69, 9.17) is 14.6 Å². The number of aromatic nitrogens is 2. The van der Waals surface area contributed by atoms with Crippen LogP contribution in [-0.2, 0) is 22.4 Å². The highest BCUT2D eigenvalue weighted by molar-refractivity contribution is 7.17. The number of amides is 1. The molecule has 33 heavy (non-hydrogen) atoms. The molecule has 1 fully saturated rings. The van der Waals surface area contributed by atoms with E-state index in [0.29, 0.717) is 18.9 Å². The van der Waals surface area contributed by atoms with Crippen LogP contribution in [0.25, 0.3) is 16.6 Å². The van der Waals surface area contributed by atoms with E-state index in [-0.39, 0.29) is 17.5 Å². The van der Waals surface area contributed by atoms with Gasteiger partial charge in [-0.3, -0.25) is 15.1 Å². The van der Waals surface area contributed by atoms with Crippen molar-refractivity contribution in [2.75, 3.05) is 31.8 Å². The number of nitrogens with zero attached hydrogens (tertiary/aromatic N) is 2. The lowest BCUT2D eigenvalue weighted by molar-refractivity contribution is 0.0900.